The van der Waals surface area contributed by atoms with E-state index in [0.717, 1.165) is 0 Å². The number of aldehydes is 2. The zero-order chi connectivity index (χ0) is 14.3. The fourth-order valence-electron chi connectivity index (χ4n) is 0.996. The topological polar surface area (TPSA) is 71.1 Å². The molecule has 0 amide bonds. The minimum Gasteiger partial charge on any atom is -0.351 e. The van der Waals surface area contributed by atoms with Crippen molar-refractivity contribution in [1.29, 1.82) is 0 Å². The number of carbonyl (C=O) groups excluding carboxylic acids is 2. The third-order valence-corrected chi connectivity index (χ3v) is 4.05. The molecule has 0 aliphatic heterocycles. The van der Waals surface area contributed by atoms with Crippen LogP contribution in [0.3, 0.4) is 0 Å². The van der Waals surface area contributed by atoms with Gasteiger partial charge in [-0.2, -0.15) is 0 Å². The van der Waals surface area contributed by atoms with Crippen LogP contribution in [0.1, 0.15) is 34.1 Å². The molecule has 0 saturated carbocycles. The molecule has 0 aliphatic rings. The van der Waals surface area contributed by atoms with Gasteiger partial charge in [-0.05, 0) is 27.7 Å². The summed E-state index contributed by atoms with van der Waals surface area (Å²) >= 11 is 0. The van der Waals surface area contributed by atoms with E-state index in [2.05, 4.69) is 0 Å². The lowest BCUT2D eigenvalue weighted by Gasteiger charge is -2.26. The fourth-order valence-corrected chi connectivity index (χ4v) is 2.91. The third kappa shape index (κ3) is 10.5. The van der Waals surface area contributed by atoms with Gasteiger partial charge in [-0.15, -0.1) is 0 Å². The summed E-state index contributed by atoms with van der Waals surface area (Å²) in [7, 11) is -2.80. The van der Waals surface area contributed by atoms with Crippen LogP contribution in [0.4, 0.5) is 0 Å². The molecule has 0 unspecified atom stereocenters. The van der Waals surface area contributed by atoms with Crippen LogP contribution < -0.4 is 0 Å². The molecule has 18 heavy (non-hydrogen) atoms. The van der Waals surface area contributed by atoms with Crippen molar-refractivity contribution < 1.29 is 27.3 Å². The molecule has 6 nitrogen and oxygen atoms in total. The Labute approximate surface area is 110 Å². The molecule has 0 saturated heterocycles. The summed E-state index contributed by atoms with van der Waals surface area (Å²) in [4.78, 5) is 18.3. The number of hydrogen-bond acceptors (Lipinski definition) is 6. The minimum atomic E-state index is -2.80. The minimum absolute atomic E-state index is 0.0278. The van der Waals surface area contributed by atoms with Gasteiger partial charge >= 0.3 is 9.05 Å². The second kappa shape index (κ2) is 14.5. The summed E-state index contributed by atoms with van der Waals surface area (Å²) in [6, 6.07) is 0. The van der Waals surface area contributed by atoms with Crippen LogP contribution in [0.2, 0.25) is 0 Å². The van der Waals surface area contributed by atoms with E-state index in [1.54, 1.807) is 0 Å². The normalized spacial score (nSPS) is 10.4. The van der Waals surface area contributed by atoms with Crippen LogP contribution in [-0.4, -0.2) is 48.0 Å². The van der Waals surface area contributed by atoms with E-state index in [1.165, 1.54) is 0 Å². The zero-order valence-electron chi connectivity index (χ0n) is 11.6. The summed E-state index contributed by atoms with van der Waals surface area (Å²) in [5.74, 6) is 0. The van der Waals surface area contributed by atoms with Gasteiger partial charge in [0, 0.05) is 26.4 Å². The summed E-state index contributed by atoms with van der Waals surface area (Å²) in [6.07, 6.45) is 1.15. The standard InChI is InChI=1S/C8H20O4Si.C3H4O2/c1-5-9-13(10-6-2,11-7-3)12-8-4;4-2-1-3-5/h5-8H2,1-4H3;2-3H,1H2. The lowest BCUT2D eigenvalue weighted by molar-refractivity contribution is -0.114. The second-order valence-corrected chi connectivity index (χ2v) is 4.96. The third-order valence-electron chi connectivity index (χ3n) is 1.48. The van der Waals surface area contributed by atoms with E-state index in [0.29, 0.717) is 39.0 Å². The van der Waals surface area contributed by atoms with Crippen LogP contribution in [0.5, 0.6) is 0 Å². The van der Waals surface area contributed by atoms with Gasteiger partial charge in [-0.25, -0.2) is 0 Å². The first-order valence-electron chi connectivity index (χ1n) is 6.09. The van der Waals surface area contributed by atoms with Crippen LogP contribution in [0, 0.1) is 0 Å². The first-order chi connectivity index (χ1) is 8.66. The summed E-state index contributed by atoms with van der Waals surface area (Å²) in [5.41, 5.74) is 0. The number of rotatable bonds is 10. The molecule has 0 rings (SSSR count). The zero-order valence-corrected chi connectivity index (χ0v) is 12.6. The molecule has 0 aromatic rings. The van der Waals surface area contributed by atoms with Crippen LogP contribution in [0.25, 0.3) is 0 Å². The van der Waals surface area contributed by atoms with Crippen LogP contribution in [-0.2, 0) is 27.3 Å². The highest BCUT2D eigenvalue weighted by Gasteiger charge is 2.44. The molecule has 0 N–H and O–H groups in total. The lowest BCUT2D eigenvalue weighted by Crippen LogP contribution is -2.49. The predicted octanol–water partition coefficient (Wildman–Crippen LogP) is 1.34. The Morgan fingerprint density at radius 2 is 1.00 bits per heavy atom. The molecule has 0 aromatic heterocycles. The monoisotopic (exact) mass is 280 g/mol. The second-order valence-electron chi connectivity index (χ2n) is 2.80. The van der Waals surface area contributed by atoms with Gasteiger partial charge in [0.25, 0.3) is 0 Å². The van der Waals surface area contributed by atoms with Gasteiger partial charge in [0.05, 0.1) is 6.42 Å². The predicted molar refractivity (Wildman–Crippen MR) is 69.0 cm³/mol. The molecular weight excluding hydrogens is 256 g/mol. The Kier molecular flexibility index (Phi) is 15.8. The average Bonchev–Trinajstić information content (AvgIpc) is 2.32. The van der Waals surface area contributed by atoms with Crippen molar-refractivity contribution in [3.8, 4) is 0 Å². The SMILES string of the molecule is CCO[Si](OCC)(OCC)OCC.O=CCC=O. The van der Waals surface area contributed by atoms with Crippen molar-refractivity contribution in [2.24, 2.45) is 0 Å². The Bertz CT molecular complexity index is 164. The number of carbonyl (C=O) groups is 2. The summed E-state index contributed by atoms with van der Waals surface area (Å²) in [6.45, 7) is 9.80. The Morgan fingerprint density at radius 3 is 1.11 bits per heavy atom. The van der Waals surface area contributed by atoms with Gasteiger partial charge in [-0.1, -0.05) is 0 Å². The molecule has 0 aliphatic carbocycles. The molecule has 0 aromatic carbocycles. The van der Waals surface area contributed by atoms with E-state index in [4.69, 9.17) is 17.7 Å². The van der Waals surface area contributed by atoms with Gasteiger partial charge in [-0.3, -0.25) is 0 Å². The number of hydrogen-bond donors (Lipinski definition) is 0. The highest BCUT2D eigenvalue weighted by atomic mass is 28.4. The molecule has 0 fully saturated rings. The van der Waals surface area contributed by atoms with Crippen LogP contribution in [0.15, 0.2) is 0 Å². The molecule has 0 atom stereocenters. The maximum Gasteiger partial charge on any atom is 0.679 e. The maximum atomic E-state index is 9.17. The summed E-state index contributed by atoms with van der Waals surface area (Å²) in [5, 5.41) is 0. The molecule has 108 valence electrons. The maximum absolute atomic E-state index is 9.17. The lowest BCUT2D eigenvalue weighted by atomic mass is 10.6. The van der Waals surface area contributed by atoms with E-state index >= 15 is 0 Å². The Balaban J connectivity index is 0. The quantitative estimate of drug-likeness (QED) is 0.342. The van der Waals surface area contributed by atoms with Crippen molar-refractivity contribution in [1.82, 2.24) is 0 Å². The molecule has 0 spiro atoms. The van der Waals surface area contributed by atoms with E-state index in [1.807, 2.05) is 27.7 Å². The molecule has 7 heteroatoms. The van der Waals surface area contributed by atoms with Crippen molar-refractivity contribution in [3.63, 3.8) is 0 Å². The smallest absolute Gasteiger partial charge is 0.351 e. The Morgan fingerprint density at radius 1 is 0.722 bits per heavy atom. The van der Waals surface area contributed by atoms with Gasteiger partial charge in [0.15, 0.2) is 0 Å². The van der Waals surface area contributed by atoms with Gasteiger partial charge in [0.2, 0.25) is 0 Å². The van der Waals surface area contributed by atoms with Gasteiger partial charge < -0.3 is 27.3 Å². The Hall–Kier alpha value is -0.603. The van der Waals surface area contributed by atoms with Crippen molar-refractivity contribution in [2.45, 2.75) is 34.1 Å². The van der Waals surface area contributed by atoms with E-state index in [-0.39, 0.29) is 6.42 Å². The first kappa shape index (κ1) is 19.7. The van der Waals surface area contributed by atoms with Crippen molar-refractivity contribution in [2.75, 3.05) is 26.4 Å². The van der Waals surface area contributed by atoms with Crippen molar-refractivity contribution in [3.05, 3.63) is 0 Å². The molecule has 0 radical (unpaired) electrons. The summed E-state index contributed by atoms with van der Waals surface area (Å²) < 4.78 is 21.7. The highest BCUT2D eigenvalue weighted by Crippen LogP contribution is 2.11. The van der Waals surface area contributed by atoms with Crippen LogP contribution >= 0.6 is 0 Å². The van der Waals surface area contributed by atoms with E-state index in [9.17, 15) is 9.59 Å². The fraction of sp³-hybridized carbons (Fsp3) is 0.818. The van der Waals surface area contributed by atoms with Crippen molar-refractivity contribution >= 4 is 21.6 Å². The molecular formula is C11H24O6Si. The average molecular weight is 280 g/mol. The van der Waals surface area contributed by atoms with Gasteiger partial charge in [0.1, 0.15) is 12.6 Å². The highest BCUT2D eigenvalue weighted by molar-refractivity contribution is 6.53. The first-order valence-corrected chi connectivity index (χ1v) is 7.72. The molecule has 0 heterocycles. The molecule has 0 bridgehead atoms. The largest absolute Gasteiger partial charge is 0.679 e. The van der Waals surface area contributed by atoms with E-state index < -0.39 is 9.05 Å².